The second-order valence-electron chi connectivity index (χ2n) is 3.78. The Morgan fingerprint density at radius 3 is 2.33 bits per heavy atom. The van der Waals surface area contributed by atoms with Crippen molar-refractivity contribution in [3.8, 4) is 5.69 Å². The quantitative estimate of drug-likeness (QED) is 0.839. The Hall–Kier alpha value is -1.82. The molecule has 0 bridgehead atoms. The first kappa shape index (κ1) is 12.6. The Morgan fingerprint density at radius 2 is 1.78 bits per heavy atom. The van der Waals surface area contributed by atoms with Gasteiger partial charge in [0.1, 0.15) is 5.82 Å². The predicted molar refractivity (Wildman–Crippen MR) is 70.0 cm³/mol. The highest BCUT2D eigenvalue weighted by molar-refractivity contribution is 7.80. The number of rotatable bonds is 2. The van der Waals surface area contributed by atoms with Gasteiger partial charge in [0.15, 0.2) is 0 Å². The van der Waals surface area contributed by atoms with Crippen molar-refractivity contribution in [3.63, 3.8) is 0 Å². The van der Waals surface area contributed by atoms with Gasteiger partial charge in [-0.25, -0.2) is 13.8 Å². The molecular weight excluding hydrogens is 255 g/mol. The van der Waals surface area contributed by atoms with Crippen LogP contribution < -0.4 is 11.2 Å². The van der Waals surface area contributed by atoms with Gasteiger partial charge < -0.3 is 0 Å². The number of thiol groups is 1. The lowest BCUT2D eigenvalue weighted by Gasteiger charge is -2.11. The molecule has 0 aliphatic carbocycles. The number of hydrogen-bond donors (Lipinski definition) is 1. The fraction of sp³-hybridized carbons (Fsp3) is 0.167. The smallest absolute Gasteiger partial charge is 0.269 e. The molecule has 0 fully saturated rings. The van der Waals surface area contributed by atoms with Gasteiger partial charge in [0.05, 0.1) is 11.1 Å². The van der Waals surface area contributed by atoms with E-state index in [2.05, 4.69) is 12.6 Å². The van der Waals surface area contributed by atoms with Gasteiger partial charge in [0.2, 0.25) is 0 Å². The zero-order valence-corrected chi connectivity index (χ0v) is 10.5. The van der Waals surface area contributed by atoms with E-state index in [1.54, 1.807) is 6.92 Å². The minimum Gasteiger partial charge on any atom is -0.269 e. The highest BCUT2D eigenvalue weighted by atomic mass is 32.1. The molecule has 0 spiro atoms. The summed E-state index contributed by atoms with van der Waals surface area (Å²) in [5, 5.41) is -0.530. The van der Waals surface area contributed by atoms with E-state index < -0.39 is 16.6 Å². The largest absolute Gasteiger partial charge is 0.336 e. The first-order valence-electron chi connectivity index (χ1n) is 5.29. The van der Waals surface area contributed by atoms with Crippen LogP contribution in [0.3, 0.4) is 0 Å². The standard InChI is InChI=1S/C12H11FN2O2S/c1-8(18)15-11(16)6-7-14(12(15)17)10-4-2-9(13)3-5-10/h2-8,18H,1H3. The third kappa shape index (κ3) is 2.24. The maximum atomic E-state index is 12.8. The van der Waals surface area contributed by atoms with Gasteiger partial charge in [0.25, 0.3) is 5.56 Å². The summed E-state index contributed by atoms with van der Waals surface area (Å²) in [6.07, 6.45) is 1.37. The monoisotopic (exact) mass is 266 g/mol. The second kappa shape index (κ2) is 4.81. The number of hydrogen-bond acceptors (Lipinski definition) is 3. The average molecular weight is 266 g/mol. The molecule has 4 nitrogen and oxygen atoms in total. The molecule has 2 aromatic rings. The summed E-state index contributed by atoms with van der Waals surface area (Å²) in [4.78, 5) is 23.7. The number of halogens is 1. The molecule has 1 atom stereocenters. The predicted octanol–water partition coefficient (Wildman–Crippen LogP) is 1.59. The van der Waals surface area contributed by atoms with Crippen molar-refractivity contribution in [1.29, 1.82) is 0 Å². The molecule has 0 radical (unpaired) electrons. The second-order valence-corrected chi connectivity index (χ2v) is 4.53. The van der Waals surface area contributed by atoms with Crippen molar-refractivity contribution in [3.05, 3.63) is 63.2 Å². The van der Waals surface area contributed by atoms with Crippen LogP contribution in [0.1, 0.15) is 12.3 Å². The molecule has 0 N–H and O–H groups in total. The maximum absolute atomic E-state index is 12.8. The molecule has 0 aliphatic heterocycles. The minimum absolute atomic E-state index is 0.386. The van der Waals surface area contributed by atoms with Crippen molar-refractivity contribution in [2.24, 2.45) is 0 Å². The van der Waals surface area contributed by atoms with Gasteiger partial charge in [-0.2, -0.15) is 12.6 Å². The van der Waals surface area contributed by atoms with E-state index >= 15 is 0 Å². The molecule has 0 saturated carbocycles. The van der Waals surface area contributed by atoms with Crippen molar-refractivity contribution in [2.45, 2.75) is 12.3 Å². The van der Waals surface area contributed by atoms with Crippen LogP contribution >= 0.6 is 12.6 Å². The molecule has 2 rings (SSSR count). The molecule has 0 saturated heterocycles. The van der Waals surface area contributed by atoms with Gasteiger partial charge in [-0.1, -0.05) is 0 Å². The van der Waals surface area contributed by atoms with Crippen LogP contribution in [0.5, 0.6) is 0 Å². The summed E-state index contributed by atoms with van der Waals surface area (Å²) >= 11 is 4.09. The Kier molecular flexibility index (Phi) is 3.38. The van der Waals surface area contributed by atoms with E-state index in [1.165, 1.54) is 41.1 Å². The summed E-state index contributed by atoms with van der Waals surface area (Å²) in [6, 6.07) is 6.71. The van der Waals surface area contributed by atoms with Crippen LogP contribution in [0.15, 0.2) is 46.1 Å². The lowest BCUT2D eigenvalue weighted by molar-refractivity contribution is 0.623. The molecule has 1 unspecified atom stereocenters. The summed E-state index contributed by atoms with van der Waals surface area (Å²) in [6.45, 7) is 1.63. The lowest BCUT2D eigenvalue weighted by Crippen LogP contribution is -2.38. The molecule has 94 valence electrons. The highest BCUT2D eigenvalue weighted by Crippen LogP contribution is 2.07. The fourth-order valence-corrected chi connectivity index (χ4v) is 1.85. The normalized spacial score (nSPS) is 12.4. The van der Waals surface area contributed by atoms with Crippen LogP contribution in [-0.4, -0.2) is 9.13 Å². The van der Waals surface area contributed by atoms with Crippen molar-refractivity contribution >= 4 is 12.6 Å². The van der Waals surface area contributed by atoms with E-state index in [0.29, 0.717) is 5.69 Å². The fourth-order valence-electron chi connectivity index (χ4n) is 1.63. The molecule has 1 aromatic heterocycles. The number of nitrogens with zero attached hydrogens (tertiary/aromatic N) is 2. The minimum atomic E-state index is -0.530. The molecule has 1 heterocycles. The Labute approximate surface area is 108 Å². The molecule has 0 amide bonds. The average Bonchev–Trinajstić information content (AvgIpc) is 2.30. The van der Waals surface area contributed by atoms with Crippen molar-refractivity contribution in [1.82, 2.24) is 9.13 Å². The Morgan fingerprint density at radius 1 is 1.17 bits per heavy atom. The van der Waals surface area contributed by atoms with Crippen molar-refractivity contribution < 1.29 is 4.39 Å². The van der Waals surface area contributed by atoms with Crippen LogP contribution in [0.4, 0.5) is 4.39 Å². The molecule has 0 aliphatic rings. The number of benzene rings is 1. The SMILES string of the molecule is CC(S)n1c(=O)ccn(-c2ccc(F)cc2)c1=O. The van der Waals surface area contributed by atoms with Crippen LogP contribution in [-0.2, 0) is 0 Å². The van der Waals surface area contributed by atoms with Crippen molar-refractivity contribution in [2.75, 3.05) is 0 Å². The number of aromatic nitrogens is 2. The van der Waals surface area contributed by atoms with E-state index in [-0.39, 0.29) is 5.82 Å². The first-order valence-corrected chi connectivity index (χ1v) is 5.80. The van der Waals surface area contributed by atoms with Crippen LogP contribution in [0, 0.1) is 5.82 Å². The lowest BCUT2D eigenvalue weighted by atomic mass is 10.3. The third-order valence-electron chi connectivity index (χ3n) is 2.49. The molecule has 6 heteroatoms. The zero-order valence-electron chi connectivity index (χ0n) is 9.58. The van der Waals surface area contributed by atoms with Gasteiger partial charge in [-0.3, -0.25) is 9.36 Å². The molecule has 1 aromatic carbocycles. The Bertz CT molecular complexity index is 674. The van der Waals surface area contributed by atoms with Gasteiger partial charge >= 0.3 is 5.69 Å². The van der Waals surface area contributed by atoms with E-state index in [4.69, 9.17) is 0 Å². The van der Waals surface area contributed by atoms with Gasteiger partial charge in [-0.05, 0) is 31.2 Å². The molecule has 18 heavy (non-hydrogen) atoms. The van der Waals surface area contributed by atoms with E-state index in [0.717, 1.165) is 4.57 Å². The van der Waals surface area contributed by atoms with Crippen LogP contribution in [0.2, 0.25) is 0 Å². The molecular formula is C12H11FN2O2S. The maximum Gasteiger partial charge on any atom is 0.336 e. The summed E-state index contributed by atoms with van der Waals surface area (Å²) in [5.74, 6) is -0.386. The summed E-state index contributed by atoms with van der Waals surface area (Å²) < 4.78 is 15.1. The van der Waals surface area contributed by atoms with E-state index in [1.807, 2.05) is 0 Å². The Balaban J connectivity index is 2.67. The van der Waals surface area contributed by atoms with Crippen LogP contribution in [0.25, 0.3) is 5.69 Å². The topological polar surface area (TPSA) is 44.0 Å². The van der Waals surface area contributed by atoms with E-state index in [9.17, 15) is 14.0 Å². The third-order valence-corrected chi connectivity index (χ3v) is 2.73. The first-order chi connectivity index (χ1) is 8.50. The highest BCUT2D eigenvalue weighted by Gasteiger charge is 2.09. The van der Waals surface area contributed by atoms with Gasteiger partial charge in [0, 0.05) is 12.3 Å². The van der Waals surface area contributed by atoms with Gasteiger partial charge in [-0.15, -0.1) is 0 Å². The zero-order chi connectivity index (χ0) is 13.3. The summed E-state index contributed by atoms with van der Waals surface area (Å²) in [5.41, 5.74) is -0.429. The summed E-state index contributed by atoms with van der Waals surface area (Å²) in [7, 11) is 0.